The minimum atomic E-state index is -0.891. The number of thioether (sulfide) groups is 1. The number of carbonyl (C=O) groups is 2. The van der Waals surface area contributed by atoms with Crippen molar-refractivity contribution < 1.29 is 19.1 Å². The second-order valence-electron chi connectivity index (χ2n) is 4.70. The van der Waals surface area contributed by atoms with Crippen LogP contribution in [0.2, 0.25) is 0 Å². The molecule has 106 valence electrons. The average Bonchev–Trinajstić information content (AvgIpc) is 2.82. The van der Waals surface area contributed by atoms with Gasteiger partial charge in [0.05, 0.1) is 5.92 Å². The van der Waals surface area contributed by atoms with Crippen LogP contribution in [0.25, 0.3) is 0 Å². The van der Waals surface area contributed by atoms with Gasteiger partial charge >= 0.3 is 5.97 Å². The first-order chi connectivity index (χ1) is 8.93. The Bertz CT molecular complexity index is 442. The molecule has 2 N–H and O–H groups in total. The zero-order valence-electron chi connectivity index (χ0n) is 11.3. The molecule has 0 radical (unpaired) electrons. The number of hydrogen-bond acceptors (Lipinski definition) is 4. The first kappa shape index (κ1) is 15.6. The zero-order valence-corrected chi connectivity index (χ0v) is 12.1. The van der Waals surface area contributed by atoms with E-state index in [0.717, 1.165) is 0 Å². The number of carboxylic acids is 1. The van der Waals surface area contributed by atoms with Crippen LogP contribution in [0.15, 0.2) is 21.6 Å². The van der Waals surface area contributed by atoms with E-state index in [2.05, 4.69) is 5.32 Å². The highest BCUT2D eigenvalue weighted by molar-refractivity contribution is 7.98. The van der Waals surface area contributed by atoms with Crippen LogP contribution in [0.3, 0.4) is 0 Å². The molecule has 1 amide bonds. The number of aliphatic carboxylic acids is 1. The molecule has 0 saturated heterocycles. The van der Waals surface area contributed by atoms with Crippen molar-refractivity contribution in [3.8, 4) is 0 Å². The molecule has 0 aliphatic heterocycles. The normalized spacial score (nSPS) is 12.4. The highest BCUT2D eigenvalue weighted by atomic mass is 32.2. The number of carbonyl (C=O) groups excluding carboxylic acids is 1. The standard InChI is InChI=1S/C13H19NO4S/c1-8(2)6-9(13(16)17)7-14-12(15)10-4-5-11(18-10)19-3/h4-5,8-9H,6-7H2,1-3H3,(H,14,15)(H,16,17). The maximum Gasteiger partial charge on any atom is 0.308 e. The fourth-order valence-electron chi connectivity index (χ4n) is 1.70. The van der Waals surface area contributed by atoms with E-state index in [1.165, 1.54) is 11.8 Å². The molecule has 19 heavy (non-hydrogen) atoms. The van der Waals surface area contributed by atoms with Gasteiger partial charge in [-0.2, -0.15) is 0 Å². The van der Waals surface area contributed by atoms with Gasteiger partial charge in [0, 0.05) is 6.54 Å². The molecule has 1 aromatic rings. The Kier molecular flexibility index (Phi) is 5.95. The van der Waals surface area contributed by atoms with Gasteiger partial charge in [0.1, 0.15) is 0 Å². The van der Waals surface area contributed by atoms with E-state index in [0.29, 0.717) is 11.5 Å². The van der Waals surface area contributed by atoms with E-state index >= 15 is 0 Å². The van der Waals surface area contributed by atoms with Crippen LogP contribution in [0, 0.1) is 11.8 Å². The van der Waals surface area contributed by atoms with Gasteiger partial charge in [-0.15, -0.1) is 0 Å². The number of amides is 1. The topological polar surface area (TPSA) is 79.5 Å². The molecule has 1 atom stereocenters. The summed E-state index contributed by atoms with van der Waals surface area (Å²) in [5, 5.41) is 12.3. The molecular formula is C13H19NO4S. The molecule has 5 nitrogen and oxygen atoms in total. The predicted molar refractivity (Wildman–Crippen MR) is 73.4 cm³/mol. The fourth-order valence-corrected chi connectivity index (χ4v) is 2.07. The molecule has 0 aromatic carbocycles. The minimum absolute atomic E-state index is 0.113. The lowest BCUT2D eigenvalue weighted by Gasteiger charge is -2.14. The van der Waals surface area contributed by atoms with Crippen molar-refractivity contribution in [3.05, 3.63) is 17.9 Å². The molecule has 1 aromatic heterocycles. The summed E-state index contributed by atoms with van der Waals surface area (Å²) in [5.41, 5.74) is 0. The second kappa shape index (κ2) is 7.23. The largest absolute Gasteiger partial charge is 0.481 e. The molecule has 0 saturated carbocycles. The highest BCUT2D eigenvalue weighted by Crippen LogP contribution is 2.18. The predicted octanol–water partition coefficient (Wildman–Crippen LogP) is 2.48. The maximum atomic E-state index is 11.8. The summed E-state index contributed by atoms with van der Waals surface area (Å²) in [4.78, 5) is 22.8. The number of nitrogens with one attached hydrogen (secondary N) is 1. The van der Waals surface area contributed by atoms with E-state index in [4.69, 9.17) is 9.52 Å². The van der Waals surface area contributed by atoms with Crippen LogP contribution in [-0.2, 0) is 4.79 Å². The summed E-state index contributed by atoms with van der Waals surface area (Å²) in [5.74, 6) is -1.37. The molecule has 0 aliphatic carbocycles. The zero-order chi connectivity index (χ0) is 14.4. The lowest BCUT2D eigenvalue weighted by Crippen LogP contribution is -2.33. The Morgan fingerprint density at radius 1 is 1.42 bits per heavy atom. The summed E-state index contributed by atoms with van der Waals surface area (Å²) in [6, 6.07) is 3.29. The fraction of sp³-hybridized carbons (Fsp3) is 0.538. The summed E-state index contributed by atoms with van der Waals surface area (Å²) >= 11 is 1.40. The van der Waals surface area contributed by atoms with Crippen molar-refractivity contribution in [2.45, 2.75) is 25.4 Å². The number of rotatable bonds is 7. The molecule has 0 bridgehead atoms. The number of furan rings is 1. The Morgan fingerprint density at radius 2 is 2.11 bits per heavy atom. The van der Waals surface area contributed by atoms with Crippen LogP contribution in [0.1, 0.15) is 30.8 Å². The third-order valence-corrected chi connectivity index (χ3v) is 3.24. The lowest BCUT2D eigenvalue weighted by atomic mass is 9.97. The monoisotopic (exact) mass is 285 g/mol. The maximum absolute atomic E-state index is 11.8. The number of hydrogen-bond donors (Lipinski definition) is 2. The van der Waals surface area contributed by atoms with Crippen molar-refractivity contribution in [2.75, 3.05) is 12.8 Å². The smallest absolute Gasteiger partial charge is 0.308 e. The van der Waals surface area contributed by atoms with Gasteiger partial charge in [0.25, 0.3) is 5.91 Å². The quantitative estimate of drug-likeness (QED) is 0.752. The molecule has 1 rings (SSSR count). The van der Waals surface area contributed by atoms with Gasteiger partial charge < -0.3 is 14.8 Å². The van der Waals surface area contributed by atoms with Crippen molar-refractivity contribution in [2.24, 2.45) is 11.8 Å². The van der Waals surface area contributed by atoms with Crippen LogP contribution < -0.4 is 5.32 Å². The van der Waals surface area contributed by atoms with E-state index in [-0.39, 0.29) is 24.1 Å². The average molecular weight is 285 g/mol. The summed E-state index contributed by atoms with van der Waals surface area (Å²) in [6.07, 6.45) is 2.38. The van der Waals surface area contributed by atoms with E-state index in [9.17, 15) is 9.59 Å². The van der Waals surface area contributed by atoms with Crippen molar-refractivity contribution in [3.63, 3.8) is 0 Å². The van der Waals surface area contributed by atoms with Crippen LogP contribution in [0.5, 0.6) is 0 Å². The van der Waals surface area contributed by atoms with Crippen LogP contribution in [0.4, 0.5) is 0 Å². The third kappa shape index (κ3) is 4.98. The Labute approximate surface area is 116 Å². The SMILES string of the molecule is CSc1ccc(C(=O)NCC(CC(C)C)C(=O)O)o1. The van der Waals surface area contributed by atoms with Crippen LogP contribution in [-0.4, -0.2) is 29.8 Å². The molecule has 1 heterocycles. The summed E-state index contributed by atoms with van der Waals surface area (Å²) in [6.45, 7) is 4.02. The molecule has 0 fully saturated rings. The van der Waals surface area contributed by atoms with E-state index in [1.54, 1.807) is 12.1 Å². The molecule has 0 aliphatic rings. The highest BCUT2D eigenvalue weighted by Gasteiger charge is 2.20. The molecule has 0 spiro atoms. The van der Waals surface area contributed by atoms with Gasteiger partial charge in [-0.05, 0) is 30.7 Å². The van der Waals surface area contributed by atoms with Gasteiger partial charge in [0.2, 0.25) is 0 Å². The van der Waals surface area contributed by atoms with E-state index in [1.807, 2.05) is 20.1 Å². The lowest BCUT2D eigenvalue weighted by molar-refractivity contribution is -0.142. The molecule has 1 unspecified atom stereocenters. The molecule has 6 heteroatoms. The second-order valence-corrected chi connectivity index (χ2v) is 5.51. The Hall–Kier alpha value is -1.43. The van der Waals surface area contributed by atoms with Gasteiger partial charge in [-0.3, -0.25) is 9.59 Å². The Balaban J connectivity index is 2.54. The van der Waals surface area contributed by atoms with Gasteiger partial charge in [0.15, 0.2) is 10.9 Å². The van der Waals surface area contributed by atoms with Crippen LogP contribution >= 0.6 is 11.8 Å². The van der Waals surface area contributed by atoms with Crippen molar-refractivity contribution >= 4 is 23.6 Å². The summed E-state index contributed by atoms with van der Waals surface area (Å²) in [7, 11) is 0. The van der Waals surface area contributed by atoms with Gasteiger partial charge in [-0.25, -0.2) is 0 Å². The minimum Gasteiger partial charge on any atom is -0.481 e. The summed E-state index contributed by atoms with van der Waals surface area (Å²) < 4.78 is 5.27. The first-order valence-electron chi connectivity index (χ1n) is 6.08. The third-order valence-electron chi connectivity index (χ3n) is 2.62. The Morgan fingerprint density at radius 3 is 2.58 bits per heavy atom. The van der Waals surface area contributed by atoms with E-state index < -0.39 is 11.9 Å². The molecular weight excluding hydrogens is 266 g/mol. The number of carboxylic acid groups (broad SMARTS) is 1. The van der Waals surface area contributed by atoms with Crippen molar-refractivity contribution in [1.29, 1.82) is 0 Å². The van der Waals surface area contributed by atoms with Crippen molar-refractivity contribution in [1.82, 2.24) is 5.32 Å². The first-order valence-corrected chi connectivity index (χ1v) is 7.31. The van der Waals surface area contributed by atoms with Gasteiger partial charge in [-0.1, -0.05) is 25.6 Å².